The molecule has 0 aliphatic rings. The summed E-state index contributed by atoms with van der Waals surface area (Å²) in [4.78, 5) is 0. The Kier molecular flexibility index (Phi) is 6.36. The molecule has 0 aromatic heterocycles. The van der Waals surface area contributed by atoms with Crippen molar-refractivity contribution in [3.8, 4) is 17.2 Å². The lowest BCUT2D eigenvalue weighted by molar-refractivity contribution is 0.301. The van der Waals surface area contributed by atoms with Gasteiger partial charge in [-0.3, -0.25) is 0 Å². The highest BCUT2D eigenvalue weighted by molar-refractivity contribution is 5.41. The van der Waals surface area contributed by atoms with Crippen molar-refractivity contribution in [3.05, 3.63) is 18.2 Å². The highest BCUT2D eigenvalue weighted by Gasteiger charge is 2.03. The topological polar surface area (TPSA) is 39.7 Å². The largest absolute Gasteiger partial charge is 0.496 e. The molecule has 1 rings (SSSR count). The summed E-state index contributed by atoms with van der Waals surface area (Å²) in [5, 5.41) is 3.37. The van der Waals surface area contributed by atoms with E-state index in [1.165, 1.54) is 0 Å². The van der Waals surface area contributed by atoms with Gasteiger partial charge in [0, 0.05) is 30.8 Å². The molecule has 0 fully saturated rings. The van der Waals surface area contributed by atoms with Gasteiger partial charge in [-0.15, -0.1) is 0 Å². The van der Waals surface area contributed by atoms with E-state index in [9.17, 15) is 0 Å². The Hall–Kier alpha value is -1.42. The summed E-state index contributed by atoms with van der Waals surface area (Å²) in [6.45, 7) is 5.77. The molecule has 0 bridgehead atoms. The predicted molar refractivity (Wildman–Crippen MR) is 72.8 cm³/mol. The van der Waals surface area contributed by atoms with E-state index < -0.39 is 0 Å². The molecular formula is C14H23NO3. The second-order valence-corrected chi connectivity index (χ2v) is 4.16. The van der Waals surface area contributed by atoms with Crippen LogP contribution < -0.4 is 19.5 Å². The minimum atomic E-state index is 0.522. The van der Waals surface area contributed by atoms with Crippen molar-refractivity contribution in [2.75, 3.05) is 27.4 Å². The monoisotopic (exact) mass is 253 g/mol. The number of hydrogen-bond acceptors (Lipinski definition) is 4. The van der Waals surface area contributed by atoms with Crippen LogP contribution in [0.2, 0.25) is 0 Å². The number of methoxy groups -OCH3 is 2. The summed E-state index contributed by atoms with van der Waals surface area (Å²) in [6.07, 6.45) is 1.12. The average molecular weight is 253 g/mol. The Morgan fingerprint density at radius 3 is 2.11 bits per heavy atom. The highest BCUT2D eigenvalue weighted by Crippen LogP contribution is 2.27. The van der Waals surface area contributed by atoms with Gasteiger partial charge in [-0.05, 0) is 13.3 Å². The molecule has 1 aromatic carbocycles. The maximum atomic E-state index is 5.66. The second-order valence-electron chi connectivity index (χ2n) is 4.16. The van der Waals surface area contributed by atoms with Gasteiger partial charge in [-0.25, -0.2) is 0 Å². The van der Waals surface area contributed by atoms with Crippen LogP contribution in [0.15, 0.2) is 18.2 Å². The third-order valence-electron chi connectivity index (χ3n) is 2.80. The van der Waals surface area contributed by atoms with Gasteiger partial charge in [0.25, 0.3) is 0 Å². The number of ether oxygens (including phenoxy) is 3. The van der Waals surface area contributed by atoms with E-state index in [2.05, 4.69) is 19.2 Å². The first-order valence-electron chi connectivity index (χ1n) is 6.28. The summed E-state index contributed by atoms with van der Waals surface area (Å²) >= 11 is 0. The van der Waals surface area contributed by atoms with Crippen molar-refractivity contribution < 1.29 is 14.2 Å². The minimum Gasteiger partial charge on any atom is -0.496 e. The standard InChI is InChI=1S/C14H23NO3/c1-5-11(2)15-6-7-18-14-9-12(16-3)8-13(10-14)17-4/h8-11,15H,5-7H2,1-4H3. The molecule has 18 heavy (non-hydrogen) atoms. The molecule has 0 heterocycles. The smallest absolute Gasteiger partial charge is 0.126 e. The summed E-state index contributed by atoms with van der Waals surface area (Å²) in [7, 11) is 3.26. The maximum Gasteiger partial charge on any atom is 0.126 e. The third-order valence-corrected chi connectivity index (χ3v) is 2.80. The number of benzene rings is 1. The summed E-state index contributed by atoms with van der Waals surface area (Å²) in [6, 6.07) is 6.05. The average Bonchev–Trinajstić information content (AvgIpc) is 2.42. The lowest BCUT2D eigenvalue weighted by Crippen LogP contribution is -2.29. The molecule has 102 valence electrons. The van der Waals surface area contributed by atoms with E-state index in [-0.39, 0.29) is 0 Å². The Bertz CT molecular complexity index is 333. The molecule has 4 heteroatoms. The van der Waals surface area contributed by atoms with Crippen molar-refractivity contribution in [1.29, 1.82) is 0 Å². The minimum absolute atomic E-state index is 0.522. The number of hydrogen-bond donors (Lipinski definition) is 1. The van der Waals surface area contributed by atoms with Crippen LogP contribution in [0, 0.1) is 0 Å². The Morgan fingerprint density at radius 1 is 1.06 bits per heavy atom. The van der Waals surface area contributed by atoms with Crippen LogP contribution in [-0.4, -0.2) is 33.4 Å². The van der Waals surface area contributed by atoms with E-state index in [1.54, 1.807) is 14.2 Å². The van der Waals surface area contributed by atoms with Crippen LogP contribution in [0.25, 0.3) is 0 Å². The molecular weight excluding hydrogens is 230 g/mol. The van der Waals surface area contributed by atoms with Crippen molar-refractivity contribution in [1.82, 2.24) is 5.32 Å². The maximum absolute atomic E-state index is 5.66. The molecule has 0 radical (unpaired) electrons. The fourth-order valence-corrected chi connectivity index (χ4v) is 1.48. The Balaban J connectivity index is 2.46. The summed E-state index contributed by atoms with van der Waals surface area (Å²) < 4.78 is 16.0. The van der Waals surface area contributed by atoms with Gasteiger partial charge in [-0.2, -0.15) is 0 Å². The molecule has 0 saturated carbocycles. The quantitative estimate of drug-likeness (QED) is 0.722. The van der Waals surface area contributed by atoms with Crippen molar-refractivity contribution in [2.45, 2.75) is 26.3 Å². The molecule has 4 nitrogen and oxygen atoms in total. The highest BCUT2D eigenvalue weighted by atomic mass is 16.5. The molecule has 0 amide bonds. The van der Waals surface area contributed by atoms with E-state index in [1.807, 2.05) is 18.2 Å². The molecule has 1 unspecified atom stereocenters. The first-order valence-corrected chi connectivity index (χ1v) is 6.28. The zero-order valence-electron chi connectivity index (χ0n) is 11.7. The number of nitrogens with one attached hydrogen (secondary N) is 1. The van der Waals surface area contributed by atoms with Crippen LogP contribution in [0.3, 0.4) is 0 Å². The van der Waals surface area contributed by atoms with Gasteiger partial charge in [0.15, 0.2) is 0 Å². The molecule has 0 aliphatic heterocycles. The van der Waals surface area contributed by atoms with Crippen LogP contribution >= 0.6 is 0 Å². The van der Waals surface area contributed by atoms with Gasteiger partial charge >= 0.3 is 0 Å². The fourth-order valence-electron chi connectivity index (χ4n) is 1.48. The van der Waals surface area contributed by atoms with Gasteiger partial charge in [0.1, 0.15) is 23.9 Å². The van der Waals surface area contributed by atoms with Crippen molar-refractivity contribution >= 4 is 0 Å². The van der Waals surface area contributed by atoms with Crippen LogP contribution in [-0.2, 0) is 0 Å². The lowest BCUT2D eigenvalue weighted by atomic mass is 10.3. The van der Waals surface area contributed by atoms with Gasteiger partial charge in [0.2, 0.25) is 0 Å². The fraction of sp³-hybridized carbons (Fsp3) is 0.571. The van der Waals surface area contributed by atoms with Crippen LogP contribution in [0.4, 0.5) is 0 Å². The molecule has 1 N–H and O–H groups in total. The van der Waals surface area contributed by atoms with Crippen molar-refractivity contribution in [2.24, 2.45) is 0 Å². The molecule has 0 saturated heterocycles. The van der Waals surface area contributed by atoms with E-state index in [0.29, 0.717) is 12.6 Å². The summed E-state index contributed by atoms with van der Waals surface area (Å²) in [5.74, 6) is 2.23. The van der Waals surface area contributed by atoms with Gasteiger partial charge in [-0.1, -0.05) is 6.92 Å². The Morgan fingerprint density at radius 2 is 1.61 bits per heavy atom. The SMILES string of the molecule is CCC(C)NCCOc1cc(OC)cc(OC)c1. The van der Waals surface area contributed by atoms with E-state index in [0.717, 1.165) is 30.2 Å². The van der Waals surface area contributed by atoms with E-state index >= 15 is 0 Å². The lowest BCUT2D eigenvalue weighted by Gasteiger charge is -2.13. The van der Waals surface area contributed by atoms with Crippen LogP contribution in [0.5, 0.6) is 17.2 Å². The zero-order valence-corrected chi connectivity index (χ0v) is 11.7. The molecule has 1 aromatic rings. The first kappa shape index (κ1) is 14.6. The van der Waals surface area contributed by atoms with Gasteiger partial charge in [0.05, 0.1) is 14.2 Å². The predicted octanol–water partition coefficient (Wildman–Crippen LogP) is 2.47. The number of rotatable bonds is 8. The van der Waals surface area contributed by atoms with Gasteiger partial charge < -0.3 is 19.5 Å². The van der Waals surface area contributed by atoms with E-state index in [4.69, 9.17) is 14.2 Å². The zero-order chi connectivity index (χ0) is 13.4. The first-order chi connectivity index (χ1) is 8.69. The van der Waals surface area contributed by atoms with Crippen molar-refractivity contribution in [3.63, 3.8) is 0 Å². The normalized spacial score (nSPS) is 12.0. The molecule has 1 atom stereocenters. The Labute approximate surface area is 109 Å². The third kappa shape index (κ3) is 4.84. The molecule has 0 aliphatic carbocycles. The summed E-state index contributed by atoms with van der Waals surface area (Å²) in [5.41, 5.74) is 0. The molecule has 0 spiro atoms. The second kappa shape index (κ2) is 7.82. The van der Waals surface area contributed by atoms with Crippen LogP contribution in [0.1, 0.15) is 20.3 Å².